The summed E-state index contributed by atoms with van der Waals surface area (Å²) in [6.07, 6.45) is -2.90. The lowest BCUT2D eigenvalue weighted by Gasteiger charge is -2.10. The number of hydrogen-bond acceptors (Lipinski definition) is 3. The fraction of sp³-hybridized carbons (Fsp3) is 0.333. The van der Waals surface area contributed by atoms with E-state index in [2.05, 4.69) is 4.74 Å². The zero-order valence-electron chi connectivity index (χ0n) is 8.16. The summed E-state index contributed by atoms with van der Waals surface area (Å²) >= 11 is 0. The second-order valence-corrected chi connectivity index (χ2v) is 2.82. The Labute approximate surface area is 84.1 Å². The van der Waals surface area contributed by atoms with E-state index in [-0.39, 0.29) is 5.56 Å². The average Bonchev–Trinajstić information content (AvgIpc) is 2.20. The smallest absolute Gasteiger partial charge is 0.339 e. The molecule has 0 aliphatic heterocycles. The van der Waals surface area contributed by atoms with Crippen molar-refractivity contribution in [3.8, 4) is 0 Å². The van der Waals surface area contributed by atoms with Gasteiger partial charge in [0.15, 0.2) is 0 Å². The summed E-state index contributed by atoms with van der Waals surface area (Å²) in [5.41, 5.74) is -1.53. The van der Waals surface area contributed by atoms with Crippen LogP contribution in [0, 0.1) is 0 Å². The molecule has 0 unspecified atom stereocenters. The number of methoxy groups -OCH3 is 1. The van der Waals surface area contributed by atoms with Crippen LogP contribution in [0.25, 0.3) is 0 Å². The molecule has 0 N–H and O–H groups in total. The molecule has 0 atom stereocenters. The normalized spacial score (nSPS) is 10.5. The number of nitrogens with zero attached hydrogens (tertiary/aromatic N) is 1. The fourth-order valence-electron chi connectivity index (χ4n) is 1.20. The molecule has 6 heteroatoms. The van der Waals surface area contributed by atoms with Crippen molar-refractivity contribution in [3.63, 3.8) is 0 Å². The van der Waals surface area contributed by atoms with Gasteiger partial charge in [-0.3, -0.25) is 4.79 Å². The van der Waals surface area contributed by atoms with Crippen LogP contribution in [0.2, 0.25) is 0 Å². The van der Waals surface area contributed by atoms with E-state index < -0.39 is 23.6 Å². The molecule has 0 spiro atoms. The van der Waals surface area contributed by atoms with E-state index in [1.54, 1.807) is 0 Å². The summed E-state index contributed by atoms with van der Waals surface area (Å²) in [6.45, 7) is 0. The Balaban J connectivity index is 3.47. The highest BCUT2D eigenvalue weighted by Gasteiger charge is 2.22. The Morgan fingerprint density at radius 1 is 1.47 bits per heavy atom. The minimum Gasteiger partial charge on any atom is -0.465 e. The van der Waals surface area contributed by atoms with Crippen molar-refractivity contribution in [3.05, 3.63) is 33.7 Å². The topological polar surface area (TPSA) is 48.3 Å². The molecule has 0 amide bonds. The van der Waals surface area contributed by atoms with Crippen molar-refractivity contribution in [2.24, 2.45) is 7.05 Å². The van der Waals surface area contributed by atoms with Crippen molar-refractivity contribution in [1.29, 1.82) is 0 Å². The Kier molecular flexibility index (Phi) is 3.18. The second kappa shape index (κ2) is 4.20. The zero-order valence-corrected chi connectivity index (χ0v) is 8.16. The molecule has 1 aromatic heterocycles. The number of ether oxygens (including phenoxy) is 1. The van der Waals surface area contributed by atoms with Crippen LogP contribution in [0.4, 0.5) is 8.78 Å². The minimum atomic E-state index is -2.90. The number of alkyl halides is 2. The predicted molar refractivity (Wildman–Crippen MR) is 48.0 cm³/mol. The number of halogens is 2. The van der Waals surface area contributed by atoms with Gasteiger partial charge in [-0.15, -0.1) is 0 Å². The summed E-state index contributed by atoms with van der Waals surface area (Å²) in [7, 11) is 2.26. The molecule has 0 fully saturated rings. The Morgan fingerprint density at radius 2 is 2.07 bits per heavy atom. The van der Waals surface area contributed by atoms with Gasteiger partial charge < -0.3 is 9.30 Å². The molecule has 4 nitrogen and oxygen atoms in total. The van der Waals surface area contributed by atoms with Gasteiger partial charge in [-0.25, -0.2) is 13.6 Å². The SMILES string of the molecule is COC(=O)c1ccc(=O)n(C)c1C(F)F. The van der Waals surface area contributed by atoms with Gasteiger partial charge in [-0.05, 0) is 6.07 Å². The summed E-state index contributed by atoms with van der Waals surface area (Å²) in [4.78, 5) is 22.2. The monoisotopic (exact) mass is 217 g/mol. The van der Waals surface area contributed by atoms with Crippen molar-refractivity contribution in [2.45, 2.75) is 6.43 Å². The molecule has 1 rings (SSSR count). The molecule has 15 heavy (non-hydrogen) atoms. The van der Waals surface area contributed by atoms with Crippen molar-refractivity contribution >= 4 is 5.97 Å². The molecule has 0 bridgehead atoms. The van der Waals surface area contributed by atoms with E-state index in [1.165, 1.54) is 7.05 Å². The molecule has 0 aliphatic rings. The number of esters is 1. The van der Waals surface area contributed by atoms with Crippen molar-refractivity contribution < 1.29 is 18.3 Å². The van der Waals surface area contributed by atoms with Gasteiger partial charge >= 0.3 is 5.97 Å². The Hall–Kier alpha value is -1.72. The van der Waals surface area contributed by atoms with E-state index in [9.17, 15) is 18.4 Å². The summed E-state index contributed by atoms with van der Waals surface area (Å²) in [5.74, 6) is -0.888. The number of rotatable bonds is 2. The van der Waals surface area contributed by atoms with Crippen LogP contribution < -0.4 is 5.56 Å². The highest BCUT2D eigenvalue weighted by Crippen LogP contribution is 2.21. The minimum absolute atomic E-state index is 0.297. The molecular formula is C9H9F2NO3. The van der Waals surface area contributed by atoms with E-state index in [1.807, 2.05) is 0 Å². The number of pyridine rings is 1. The van der Waals surface area contributed by atoms with Crippen molar-refractivity contribution in [1.82, 2.24) is 4.57 Å². The maximum atomic E-state index is 12.6. The molecule has 0 saturated heterocycles. The van der Waals surface area contributed by atoms with E-state index in [0.29, 0.717) is 0 Å². The van der Waals surface area contributed by atoms with Gasteiger partial charge in [0, 0.05) is 13.1 Å². The first-order valence-electron chi connectivity index (χ1n) is 4.05. The standard InChI is InChI=1S/C9H9F2NO3/c1-12-6(13)4-3-5(9(14)15-2)7(12)8(10)11/h3-4,8H,1-2H3. The van der Waals surface area contributed by atoms with Crippen LogP contribution in [0.5, 0.6) is 0 Å². The largest absolute Gasteiger partial charge is 0.465 e. The third-order valence-corrected chi connectivity index (χ3v) is 1.97. The molecule has 1 heterocycles. The van der Waals surface area contributed by atoms with Crippen LogP contribution in [0.1, 0.15) is 22.5 Å². The van der Waals surface area contributed by atoms with Gasteiger partial charge in [-0.1, -0.05) is 0 Å². The zero-order chi connectivity index (χ0) is 11.6. The molecular weight excluding hydrogens is 208 g/mol. The van der Waals surface area contributed by atoms with Gasteiger partial charge in [0.25, 0.3) is 12.0 Å². The third kappa shape index (κ3) is 2.03. The predicted octanol–water partition coefficient (Wildman–Crippen LogP) is 1.11. The molecule has 0 saturated carbocycles. The first kappa shape index (κ1) is 11.4. The first-order chi connectivity index (χ1) is 6.99. The Morgan fingerprint density at radius 3 is 2.53 bits per heavy atom. The number of hydrogen-bond donors (Lipinski definition) is 0. The van der Waals surface area contributed by atoms with E-state index in [4.69, 9.17) is 0 Å². The maximum absolute atomic E-state index is 12.6. The Bertz CT molecular complexity index is 439. The lowest BCUT2D eigenvalue weighted by molar-refractivity contribution is 0.0585. The highest BCUT2D eigenvalue weighted by atomic mass is 19.3. The molecule has 0 aliphatic carbocycles. The first-order valence-corrected chi connectivity index (χ1v) is 4.05. The van der Waals surface area contributed by atoms with Crippen molar-refractivity contribution in [2.75, 3.05) is 7.11 Å². The maximum Gasteiger partial charge on any atom is 0.339 e. The van der Waals surface area contributed by atoms with Gasteiger partial charge in [-0.2, -0.15) is 0 Å². The fourth-order valence-corrected chi connectivity index (χ4v) is 1.20. The number of aromatic nitrogens is 1. The molecule has 82 valence electrons. The summed E-state index contributed by atoms with van der Waals surface area (Å²) < 4.78 is 30.3. The summed E-state index contributed by atoms with van der Waals surface area (Å²) in [6, 6.07) is 2.08. The van der Waals surface area contributed by atoms with Crippen LogP contribution in [0.3, 0.4) is 0 Å². The molecule has 0 aromatic carbocycles. The molecule has 0 radical (unpaired) electrons. The summed E-state index contributed by atoms with van der Waals surface area (Å²) in [5, 5.41) is 0. The van der Waals surface area contributed by atoms with Gasteiger partial charge in [0.2, 0.25) is 0 Å². The van der Waals surface area contributed by atoms with Gasteiger partial charge in [0.05, 0.1) is 12.7 Å². The number of carbonyl (C=O) groups excluding carboxylic acids is 1. The van der Waals surface area contributed by atoms with Crippen LogP contribution in [0.15, 0.2) is 16.9 Å². The van der Waals surface area contributed by atoms with Crippen LogP contribution in [-0.4, -0.2) is 17.6 Å². The lowest BCUT2D eigenvalue weighted by atomic mass is 10.2. The highest BCUT2D eigenvalue weighted by molar-refractivity contribution is 5.90. The van der Waals surface area contributed by atoms with Crippen LogP contribution >= 0.6 is 0 Å². The third-order valence-electron chi connectivity index (χ3n) is 1.97. The van der Waals surface area contributed by atoms with E-state index >= 15 is 0 Å². The quantitative estimate of drug-likeness (QED) is 0.697. The van der Waals surface area contributed by atoms with Crippen LogP contribution in [-0.2, 0) is 11.8 Å². The number of carbonyl (C=O) groups is 1. The second-order valence-electron chi connectivity index (χ2n) is 2.82. The average molecular weight is 217 g/mol. The lowest BCUT2D eigenvalue weighted by Crippen LogP contribution is -2.23. The van der Waals surface area contributed by atoms with E-state index in [0.717, 1.165) is 23.8 Å². The van der Waals surface area contributed by atoms with Gasteiger partial charge in [0.1, 0.15) is 5.69 Å². The molecule has 1 aromatic rings.